The van der Waals surface area contributed by atoms with E-state index >= 15 is 0 Å². The molecule has 0 radical (unpaired) electrons. The average Bonchev–Trinajstić information content (AvgIpc) is 2.71. The number of nitrogens with one attached hydrogen (secondary N) is 1. The van der Waals surface area contributed by atoms with Gasteiger partial charge in [0.15, 0.2) is 0 Å². The zero-order chi connectivity index (χ0) is 10.2. The summed E-state index contributed by atoms with van der Waals surface area (Å²) >= 11 is 0. The second-order valence-electron chi connectivity index (χ2n) is 5.44. The standard InChI is InChI=1S/C12H24N2/c1-10(2)14-9-4-6-11(14)12(3)7-5-8-13-12/h10-11,13H,4-9H2,1-3H3. The summed E-state index contributed by atoms with van der Waals surface area (Å²) in [6.07, 6.45) is 5.50. The van der Waals surface area contributed by atoms with Gasteiger partial charge in [0, 0.05) is 17.6 Å². The lowest BCUT2D eigenvalue weighted by atomic mass is 9.88. The van der Waals surface area contributed by atoms with Gasteiger partial charge in [-0.3, -0.25) is 4.90 Å². The molecule has 0 bridgehead atoms. The van der Waals surface area contributed by atoms with E-state index in [1.165, 1.54) is 38.8 Å². The highest BCUT2D eigenvalue weighted by atomic mass is 15.2. The summed E-state index contributed by atoms with van der Waals surface area (Å²) in [5.74, 6) is 0. The predicted octanol–water partition coefficient (Wildman–Crippen LogP) is 2.00. The van der Waals surface area contributed by atoms with Gasteiger partial charge in [-0.1, -0.05) is 0 Å². The van der Waals surface area contributed by atoms with Crippen molar-refractivity contribution in [1.29, 1.82) is 0 Å². The molecule has 2 aliphatic rings. The molecule has 2 unspecified atom stereocenters. The third-order valence-corrected chi connectivity index (χ3v) is 4.09. The van der Waals surface area contributed by atoms with Gasteiger partial charge in [0.2, 0.25) is 0 Å². The quantitative estimate of drug-likeness (QED) is 0.726. The van der Waals surface area contributed by atoms with Crippen LogP contribution in [0.2, 0.25) is 0 Å². The monoisotopic (exact) mass is 196 g/mol. The lowest BCUT2D eigenvalue weighted by molar-refractivity contribution is 0.126. The molecule has 0 saturated carbocycles. The van der Waals surface area contributed by atoms with Crippen LogP contribution in [0, 0.1) is 0 Å². The molecule has 2 heterocycles. The first-order chi connectivity index (χ1) is 6.63. The predicted molar refractivity (Wildman–Crippen MR) is 60.5 cm³/mol. The Balaban J connectivity index is 2.08. The van der Waals surface area contributed by atoms with Crippen molar-refractivity contribution in [3.8, 4) is 0 Å². The van der Waals surface area contributed by atoms with Crippen molar-refractivity contribution in [2.24, 2.45) is 0 Å². The lowest BCUT2D eigenvalue weighted by Gasteiger charge is -2.40. The van der Waals surface area contributed by atoms with Crippen molar-refractivity contribution in [2.45, 2.75) is 64.1 Å². The maximum atomic E-state index is 3.72. The van der Waals surface area contributed by atoms with Crippen LogP contribution in [0.3, 0.4) is 0 Å². The number of likely N-dealkylation sites (tertiary alicyclic amines) is 1. The van der Waals surface area contributed by atoms with Crippen LogP contribution in [0.5, 0.6) is 0 Å². The smallest absolute Gasteiger partial charge is 0.0309 e. The number of rotatable bonds is 2. The Bertz CT molecular complexity index is 194. The van der Waals surface area contributed by atoms with Crippen molar-refractivity contribution < 1.29 is 0 Å². The summed E-state index contributed by atoms with van der Waals surface area (Å²) in [6.45, 7) is 9.61. The van der Waals surface area contributed by atoms with E-state index in [9.17, 15) is 0 Å². The normalized spacial score (nSPS) is 39.9. The third-order valence-electron chi connectivity index (χ3n) is 4.09. The molecule has 0 aromatic rings. The molecule has 82 valence electrons. The molecule has 0 aromatic carbocycles. The topological polar surface area (TPSA) is 15.3 Å². The zero-order valence-corrected chi connectivity index (χ0v) is 9.84. The SMILES string of the molecule is CC(C)N1CCCC1C1(C)CCCN1. The molecule has 2 aliphatic heterocycles. The molecule has 2 nitrogen and oxygen atoms in total. The molecule has 2 fully saturated rings. The second kappa shape index (κ2) is 3.82. The van der Waals surface area contributed by atoms with Crippen molar-refractivity contribution in [3.05, 3.63) is 0 Å². The molecule has 0 aliphatic carbocycles. The summed E-state index contributed by atoms with van der Waals surface area (Å²) < 4.78 is 0. The van der Waals surface area contributed by atoms with Crippen LogP contribution >= 0.6 is 0 Å². The number of nitrogens with zero attached hydrogens (tertiary/aromatic N) is 1. The van der Waals surface area contributed by atoms with E-state index in [1.807, 2.05) is 0 Å². The van der Waals surface area contributed by atoms with Crippen LogP contribution in [0.15, 0.2) is 0 Å². The van der Waals surface area contributed by atoms with Gasteiger partial charge < -0.3 is 5.32 Å². The first kappa shape index (κ1) is 10.4. The van der Waals surface area contributed by atoms with Crippen molar-refractivity contribution in [1.82, 2.24) is 10.2 Å². The molecular weight excluding hydrogens is 172 g/mol. The molecule has 1 N–H and O–H groups in total. The van der Waals surface area contributed by atoms with Crippen molar-refractivity contribution >= 4 is 0 Å². The molecule has 2 rings (SSSR count). The van der Waals surface area contributed by atoms with Crippen LogP contribution in [0.25, 0.3) is 0 Å². The van der Waals surface area contributed by atoms with E-state index in [-0.39, 0.29) is 0 Å². The summed E-state index contributed by atoms with van der Waals surface area (Å²) in [4.78, 5) is 2.69. The fourth-order valence-electron chi connectivity index (χ4n) is 3.29. The Kier molecular flexibility index (Phi) is 2.85. The summed E-state index contributed by atoms with van der Waals surface area (Å²) in [6, 6.07) is 1.49. The Labute approximate surface area is 88.1 Å². The van der Waals surface area contributed by atoms with E-state index in [2.05, 4.69) is 31.0 Å². The average molecular weight is 196 g/mol. The third kappa shape index (κ3) is 1.70. The van der Waals surface area contributed by atoms with Gasteiger partial charge in [-0.25, -0.2) is 0 Å². The Morgan fingerprint density at radius 3 is 2.71 bits per heavy atom. The molecular formula is C12H24N2. The lowest BCUT2D eigenvalue weighted by Crippen LogP contribution is -2.55. The molecule has 2 atom stereocenters. The van der Waals surface area contributed by atoms with Crippen LogP contribution in [0.4, 0.5) is 0 Å². The Morgan fingerprint density at radius 2 is 2.14 bits per heavy atom. The summed E-state index contributed by atoms with van der Waals surface area (Å²) in [5.41, 5.74) is 0.404. The number of hydrogen-bond donors (Lipinski definition) is 1. The fraction of sp³-hybridized carbons (Fsp3) is 1.00. The summed E-state index contributed by atoms with van der Waals surface area (Å²) in [5, 5.41) is 3.72. The first-order valence-corrected chi connectivity index (χ1v) is 6.14. The number of hydrogen-bond acceptors (Lipinski definition) is 2. The van der Waals surface area contributed by atoms with Crippen LogP contribution < -0.4 is 5.32 Å². The van der Waals surface area contributed by atoms with Gasteiger partial charge in [-0.15, -0.1) is 0 Å². The van der Waals surface area contributed by atoms with Crippen LogP contribution in [-0.2, 0) is 0 Å². The molecule has 0 spiro atoms. The van der Waals surface area contributed by atoms with E-state index in [0.29, 0.717) is 11.6 Å². The van der Waals surface area contributed by atoms with Gasteiger partial charge in [0.05, 0.1) is 0 Å². The van der Waals surface area contributed by atoms with Crippen molar-refractivity contribution in [2.75, 3.05) is 13.1 Å². The van der Waals surface area contributed by atoms with Gasteiger partial charge in [0.1, 0.15) is 0 Å². The Hall–Kier alpha value is -0.0800. The molecule has 0 aromatic heterocycles. The zero-order valence-electron chi connectivity index (χ0n) is 9.84. The molecule has 2 saturated heterocycles. The highest BCUT2D eigenvalue weighted by Gasteiger charge is 2.42. The molecule has 14 heavy (non-hydrogen) atoms. The summed E-state index contributed by atoms with van der Waals surface area (Å²) in [7, 11) is 0. The highest BCUT2D eigenvalue weighted by molar-refractivity contribution is 5.02. The van der Waals surface area contributed by atoms with Gasteiger partial charge in [0.25, 0.3) is 0 Å². The largest absolute Gasteiger partial charge is 0.310 e. The van der Waals surface area contributed by atoms with Crippen molar-refractivity contribution in [3.63, 3.8) is 0 Å². The maximum absolute atomic E-state index is 3.72. The van der Waals surface area contributed by atoms with Gasteiger partial charge in [-0.2, -0.15) is 0 Å². The first-order valence-electron chi connectivity index (χ1n) is 6.14. The highest BCUT2D eigenvalue weighted by Crippen LogP contribution is 2.33. The maximum Gasteiger partial charge on any atom is 0.0309 e. The minimum absolute atomic E-state index is 0.404. The second-order valence-corrected chi connectivity index (χ2v) is 5.44. The fourth-order valence-corrected chi connectivity index (χ4v) is 3.29. The minimum atomic E-state index is 0.404. The van der Waals surface area contributed by atoms with Crippen LogP contribution in [0.1, 0.15) is 46.5 Å². The molecule has 2 heteroatoms. The van der Waals surface area contributed by atoms with E-state index in [0.717, 1.165) is 6.04 Å². The van der Waals surface area contributed by atoms with E-state index < -0.39 is 0 Å². The van der Waals surface area contributed by atoms with Gasteiger partial charge >= 0.3 is 0 Å². The minimum Gasteiger partial charge on any atom is -0.310 e. The van der Waals surface area contributed by atoms with Crippen LogP contribution in [-0.4, -0.2) is 35.6 Å². The van der Waals surface area contributed by atoms with Gasteiger partial charge in [-0.05, 0) is 59.5 Å². The molecule has 0 amide bonds. The Morgan fingerprint density at radius 1 is 1.36 bits per heavy atom. The van der Waals surface area contributed by atoms with E-state index in [1.54, 1.807) is 0 Å². The van der Waals surface area contributed by atoms with E-state index in [4.69, 9.17) is 0 Å².